The smallest absolute Gasteiger partial charge is 0.142 e. The zero-order chi connectivity index (χ0) is 13.0. The molecule has 0 aliphatic heterocycles. The number of rotatable bonds is 3. The number of nitrogens with two attached hydrogens (primary N) is 1. The summed E-state index contributed by atoms with van der Waals surface area (Å²) >= 11 is 0. The van der Waals surface area contributed by atoms with Gasteiger partial charge in [-0.3, -0.25) is 0 Å². The minimum atomic E-state index is -0.305. The number of methoxy groups -OCH3 is 1. The van der Waals surface area contributed by atoms with Crippen LogP contribution in [0.2, 0.25) is 0 Å². The van der Waals surface area contributed by atoms with Crippen molar-refractivity contribution in [3.8, 4) is 11.8 Å². The maximum atomic E-state index is 9.34. The number of anilines is 1. The molecule has 0 aliphatic rings. The third-order valence-corrected chi connectivity index (χ3v) is 2.85. The Morgan fingerprint density at radius 2 is 1.83 bits per heavy atom. The van der Waals surface area contributed by atoms with Gasteiger partial charge in [0.15, 0.2) is 0 Å². The van der Waals surface area contributed by atoms with Gasteiger partial charge in [0.05, 0.1) is 24.8 Å². The number of hydrogen-bond donors (Lipinski definition) is 1. The van der Waals surface area contributed by atoms with E-state index in [-0.39, 0.29) is 5.92 Å². The number of benzene rings is 2. The summed E-state index contributed by atoms with van der Waals surface area (Å²) in [5.41, 5.74) is 8.20. The molecule has 2 N–H and O–H groups in total. The van der Waals surface area contributed by atoms with Gasteiger partial charge in [-0.15, -0.1) is 0 Å². The molecule has 90 valence electrons. The van der Waals surface area contributed by atoms with Crippen molar-refractivity contribution in [3.05, 3.63) is 59.7 Å². The molecule has 18 heavy (non-hydrogen) atoms. The predicted molar refractivity (Wildman–Crippen MR) is 71.3 cm³/mol. The maximum Gasteiger partial charge on any atom is 0.142 e. The number of hydrogen-bond acceptors (Lipinski definition) is 3. The van der Waals surface area contributed by atoms with Crippen molar-refractivity contribution in [2.24, 2.45) is 0 Å². The first-order chi connectivity index (χ1) is 8.76. The fourth-order valence-corrected chi connectivity index (χ4v) is 1.89. The van der Waals surface area contributed by atoms with Gasteiger partial charge in [-0.1, -0.05) is 36.4 Å². The lowest BCUT2D eigenvalue weighted by Crippen LogP contribution is -2.00. The van der Waals surface area contributed by atoms with Crippen LogP contribution >= 0.6 is 0 Å². The summed E-state index contributed by atoms with van der Waals surface area (Å²) < 4.78 is 5.18. The Kier molecular flexibility index (Phi) is 3.49. The van der Waals surface area contributed by atoms with Gasteiger partial charge in [-0.05, 0) is 23.3 Å². The van der Waals surface area contributed by atoms with E-state index in [1.807, 2.05) is 42.5 Å². The molecule has 0 aromatic heterocycles. The highest BCUT2D eigenvalue weighted by molar-refractivity contribution is 5.56. The molecule has 0 radical (unpaired) electrons. The van der Waals surface area contributed by atoms with Crippen molar-refractivity contribution < 1.29 is 4.74 Å². The first-order valence-electron chi connectivity index (χ1n) is 5.64. The largest absolute Gasteiger partial charge is 0.495 e. The molecule has 0 bridgehead atoms. The third kappa shape index (κ3) is 2.28. The normalized spacial score (nSPS) is 11.6. The lowest BCUT2D eigenvalue weighted by molar-refractivity contribution is 0.416. The summed E-state index contributed by atoms with van der Waals surface area (Å²) in [7, 11) is 1.57. The third-order valence-electron chi connectivity index (χ3n) is 2.85. The van der Waals surface area contributed by atoms with Gasteiger partial charge in [-0.25, -0.2) is 0 Å². The molecule has 1 atom stereocenters. The molecule has 0 amide bonds. The van der Waals surface area contributed by atoms with E-state index in [0.717, 1.165) is 11.1 Å². The number of nitrogen functional groups attached to an aromatic ring is 1. The van der Waals surface area contributed by atoms with E-state index in [9.17, 15) is 5.26 Å². The summed E-state index contributed by atoms with van der Waals surface area (Å²) in [4.78, 5) is 0. The zero-order valence-electron chi connectivity index (χ0n) is 10.1. The van der Waals surface area contributed by atoms with Crippen LogP contribution in [0.1, 0.15) is 17.0 Å². The SMILES string of the molecule is COc1cc(C(C#N)c2ccccc2)ccc1N. The van der Waals surface area contributed by atoms with E-state index in [2.05, 4.69) is 6.07 Å². The van der Waals surface area contributed by atoms with Crippen molar-refractivity contribution in [3.63, 3.8) is 0 Å². The van der Waals surface area contributed by atoms with E-state index in [1.165, 1.54) is 0 Å². The molecule has 0 fully saturated rings. The lowest BCUT2D eigenvalue weighted by Gasteiger charge is -2.12. The lowest BCUT2D eigenvalue weighted by atomic mass is 9.92. The zero-order valence-corrected chi connectivity index (χ0v) is 10.1. The summed E-state index contributed by atoms with van der Waals surface area (Å²) in [6, 6.07) is 17.4. The number of nitriles is 1. The summed E-state index contributed by atoms with van der Waals surface area (Å²) in [6.45, 7) is 0. The van der Waals surface area contributed by atoms with E-state index in [0.29, 0.717) is 11.4 Å². The van der Waals surface area contributed by atoms with Crippen molar-refractivity contribution in [1.29, 1.82) is 5.26 Å². The molecule has 0 saturated heterocycles. The standard InChI is InChI=1S/C15H14N2O/c1-18-15-9-12(7-8-14(15)17)13(10-16)11-5-3-2-4-6-11/h2-9,13H,17H2,1H3. The van der Waals surface area contributed by atoms with Crippen LogP contribution < -0.4 is 10.5 Å². The van der Waals surface area contributed by atoms with E-state index >= 15 is 0 Å². The van der Waals surface area contributed by atoms with Gasteiger partial charge < -0.3 is 10.5 Å². The molecule has 0 aliphatic carbocycles. The Hall–Kier alpha value is -2.47. The molecule has 3 nitrogen and oxygen atoms in total. The molecule has 3 heteroatoms. The van der Waals surface area contributed by atoms with Gasteiger partial charge in [-0.2, -0.15) is 5.26 Å². The number of ether oxygens (including phenoxy) is 1. The summed E-state index contributed by atoms with van der Waals surface area (Å²) in [5.74, 6) is 0.296. The average Bonchev–Trinajstić information content (AvgIpc) is 2.42. The molecule has 0 heterocycles. The minimum absolute atomic E-state index is 0.305. The molecular weight excluding hydrogens is 224 g/mol. The Bertz CT molecular complexity index is 573. The first kappa shape index (κ1) is 12.0. The maximum absolute atomic E-state index is 9.34. The van der Waals surface area contributed by atoms with Crippen LogP contribution in [-0.4, -0.2) is 7.11 Å². The molecule has 2 aromatic rings. The fourth-order valence-electron chi connectivity index (χ4n) is 1.89. The molecule has 2 aromatic carbocycles. The van der Waals surface area contributed by atoms with Crippen LogP contribution in [0.5, 0.6) is 5.75 Å². The Balaban J connectivity index is 2.44. The number of nitrogens with zero attached hydrogens (tertiary/aromatic N) is 1. The highest BCUT2D eigenvalue weighted by Gasteiger charge is 2.14. The second-order valence-corrected chi connectivity index (χ2v) is 3.97. The topological polar surface area (TPSA) is 59.0 Å². The van der Waals surface area contributed by atoms with E-state index < -0.39 is 0 Å². The predicted octanol–water partition coefficient (Wildman–Crippen LogP) is 2.93. The molecular formula is C15H14N2O. The van der Waals surface area contributed by atoms with Crippen LogP contribution in [0.15, 0.2) is 48.5 Å². The van der Waals surface area contributed by atoms with Crippen molar-refractivity contribution >= 4 is 5.69 Å². The molecule has 2 rings (SSSR count). The molecule has 1 unspecified atom stereocenters. The van der Waals surface area contributed by atoms with E-state index in [1.54, 1.807) is 13.2 Å². The van der Waals surface area contributed by atoms with E-state index in [4.69, 9.17) is 10.5 Å². The molecule has 0 saturated carbocycles. The van der Waals surface area contributed by atoms with Gasteiger partial charge >= 0.3 is 0 Å². The highest BCUT2D eigenvalue weighted by Crippen LogP contribution is 2.30. The van der Waals surface area contributed by atoms with Crippen molar-refractivity contribution in [2.45, 2.75) is 5.92 Å². The van der Waals surface area contributed by atoms with Gasteiger partial charge in [0, 0.05) is 0 Å². The van der Waals surface area contributed by atoms with Crippen LogP contribution in [0, 0.1) is 11.3 Å². The van der Waals surface area contributed by atoms with Crippen LogP contribution in [0.3, 0.4) is 0 Å². The second-order valence-electron chi connectivity index (χ2n) is 3.97. The minimum Gasteiger partial charge on any atom is -0.495 e. The van der Waals surface area contributed by atoms with Crippen molar-refractivity contribution in [2.75, 3.05) is 12.8 Å². The monoisotopic (exact) mass is 238 g/mol. The second kappa shape index (κ2) is 5.24. The van der Waals surface area contributed by atoms with Crippen molar-refractivity contribution in [1.82, 2.24) is 0 Å². The quantitative estimate of drug-likeness (QED) is 0.836. The van der Waals surface area contributed by atoms with Gasteiger partial charge in [0.25, 0.3) is 0 Å². The Labute approximate surface area is 106 Å². The van der Waals surface area contributed by atoms with Crippen LogP contribution in [0.4, 0.5) is 5.69 Å². The van der Waals surface area contributed by atoms with Crippen LogP contribution in [0.25, 0.3) is 0 Å². The summed E-state index contributed by atoms with van der Waals surface area (Å²) in [5, 5.41) is 9.34. The van der Waals surface area contributed by atoms with Crippen LogP contribution in [-0.2, 0) is 0 Å². The van der Waals surface area contributed by atoms with Gasteiger partial charge in [0.2, 0.25) is 0 Å². The average molecular weight is 238 g/mol. The van der Waals surface area contributed by atoms with Gasteiger partial charge in [0.1, 0.15) is 5.75 Å². The summed E-state index contributed by atoms with van der Waals surface area (Å²) in [6.07, 6.45) is 0. The molecule has 0 spiro atoms. The highest BCUT2D eigenvalue weighted by atomic mass is 16.5. The fraction of sp³-hybridized carbons (Fsp3) is 0.133. The Morgan fingerprint density at radius 1 is 1.11 bits per heavy atom. The first-order valence-corrected chi connectivity index (χ1v) is 5.64. The Morgan fingerprint density at radius 3 is 2.44 bits per heavy atom.